The fourth-order valence-corrected chi connectivity index (χ4v) is 2.06. The highest BCUT2D eigenvalue weighted by Crippen LogP contribution is 2.15. The Morgan fingerprint density at radius 1 is 1.00 bits per heavy atom. The first kappa shape index (κ1) is 13.9. The Morgan fingerprint density at radius 3 is 2.55 bits per heavy atom. The van der Waals surface area contributed by atoms with Crippen molar-refractivity contribution >= 4 is 22.6 Å². The predicted molar refractivity (Wildman–Crippen MR) is 83.4 cm³/mol. The van der Waals surface area contributed by atoms with Crippen LogP contribution >= 0.6 is 0 Å². The highest BCUT2D eigenvalue weighted by Gasteiger charge is 2.01. The van der Waals surface area contributed by atoms with E-state index in [1.54, 1.807) is 12.1 Å². The zero-order chi connectivity index (χ0) is 15.4. The molecule has 0 unspecified atom stereocenters. The van der Waals surface area contributed by atoms with E-state index in [0.29, 0.717) is 12.2 Å². The lowest BCUT2D eigenvalue weighted by Gasteiger charge is -1.99. The molecule has 0 saturated carbocycles. The molecule has 0 spiro atoms. The van der Waals surface area contributed by atoms with Crippen LogP contribution in [0.4, 0.5) is 5.69 Å². The molecule has 1 N–H and O–H groups in total. The van der Waals surface area contributed by atoms with Crippen molar-refractivity contribution in [1.82, 2.24) is 4.98 Å². The SMILES string of the molecule is O=C(O)c1ccc(N=NCc2ccc3ccccc3n2)cc1. The van der Waals surface area contributed by atoms with E-state index in [9.17, 15) is 4.79 Å². The molecule has 0 saturated heterocycles. The Hall–Kier alpha value is -3.08. The molecule has 108 valence electrons. The molecule has 0 aliphatic heterocycles. The molecule has 0 amide bonds. The first-order valence-corrected chi connectivity index (χ1v) is 6.78. The van der Waals surface area contributed by atoms with Crippen molar-refractivity contribution in [2.45, 2.75) is 6.54 Å². The summed E-state index contributed by atoms with van der Waals surface area (Å²) in [7, 11) is 0. The molecule has 1 heterocycles. The minimum atomic E-state index is -0.955. The van der Waals surface area contributed by atoms with Gasteiger partial charge in [0, 0.05) is 5.39 Å². The quantitative estimate of drug-likeness (QED) is 0.731. The van der Waals surface area contributed by atoms with Gasteiger partial charge in [0.2, 0.25) is 0 Å². The van der Waals surface area contributed by atoms with Crippen LogP contribution in [-0.2, 0) is 6.54 Å². The van der Waals surface area contributed by atoms with Crippen molar-refractivity contribution in [2.75, 3.05) is 0 Å². The third-order valence-corrected chi connectivity index (χ3v) is 3.19. The van der Waals surface area contributed by atoms with Crippen LogP contribution in [0.5, 0.6) is 0 Å². The van der Waals surface area contributed by atoms with Gasteiger partial charge in [-0.15, -0.1) is 0 Å². The maximum absolute atomic E-state index is 10.8. The van der Waals surface area contributed by atoms with Gasteiger partial charge < -0.3 is 5.11 Å². The van der Waals surface area contributed by atoms with E-state index in [0.717, 1.165) is 16.6 Å². The second-order valence-corrected chi connectivity index (χ2v) is 4.75. The summed E-state index contributed by atoms with van der Waals surface area (Å²) in [5, 5.41) is 18.1. The number of aromatic carboxylic acids is 1. The highest BCUT2D eigenvalue weighted by molar-refractivity contribution is 5.87. The number of carboxylic acid groups (broad SMARTS) is 1. The summed E-state index contributed by atoms with van der Waals surface area (Å²) >= 11 is 0. The first-order chi connectivity index (χ1) is 10.7. The fraction of sp³-hybridized carbons (Fsp3) is 0.0588. The van der Waals surface area contributed by atoms with Crippen molar-refractivity contribution < 1.29 is 9.90 Å². The second kappa shape index (κ2) is 6.13. The molecular weight excluding hydrogens is 278 g/mol. The summed E-state index contributed by atoms with van der Waals surface area (Å²) in [6.07, 6.45) is 0. The zero-order valence-corrected chi connectivity index (χ0v) is 11.7. The van der Waals surface area contributed by atoms with Crippen molar-refractivity contribution in [1.29, 1.82) is 0 Å². The maximum Gasteiger partial charge on any atom is 0.335 e. The average Bonchev–Trinajstić information content (AvgIpc) is 2.55. The molecule has 0 radical (unpaired) electrons. The van der Waals surface area contributed by atoms with Gasteiger partial charge in [0.05, 0.1) is 22.5 Å². The zero-order valence-electron chi connectivity index (χ0n) is 11.7. The lowest BCUT2D eigenvalue weighted by atomic mass is 10.2. The predicted octanol–water partition coefficient (Wildman–Crippen LogP) is 4.22. The Bertz CT molecular complexity index is 842. The molecule has 0 bridgehead atoms. The van der Waals surface area contributed by atoms with E-state index in [2.05, 4.69) is 15.2 Å². The van der Waals surface area contributed by atoms with Crippen molar-refractivity contribution in [3.63, 3.8) is 0 Å². The number of carboxylic acids is 1. The number of hydrogen-bond acceptors (Lipinski definition) is 4. The number of benzene rings is 2. The van der Waals surface area contributed by atoms with Gasteiger partial charge in [-0.3, -0.25) is 4.98 Å². The molecular formula is C17H13N3O2. The third kappa shape index (κ3) is 3.15. The van der Waals surface area contributed by atoms with Gasteiger partial charge in [-0.1, -0.05) is 24.3 Å². The van der Waals surface area contributed by atoms with E-state index in [1.807, 2.05) is 36.4 Å². The maximum atomic E-state index is 10.8. The molecule has 1 aromatic heterocycles. The molecule has 0 fully saturated rings. The molecule has 3 rings (SSSR count). The Morgan fingerprint density at radius 2 is 1.77 bits per heavy atom. The number of para-hydroxylation sites is 1. The van der Waals surface area contributed by atoms with Gasteiger partial charge in [0.1, 0.15) is 6.54 Å². The topological polar surface area (TPSA) is 74.9 Å². The molecule has 5 heteroatoms. The van der Waals surface area contributed by atoms with E-state index in [4.69, 9.17) is 5.11 Å². The van der Waals surface area contributed by atoms with Gasteiger partial charge in [0.15, 0.2) is 0 Å². The number of carbonyl (C=O) groups is 1. The number of pyridine rings is 1. The van der Waals surface area contributed by atoms with Gasteiger partial charge in [-0.25, -0.2) is 4.79 Å². The minimum Gasteiger partial charge on any atom is -0.478 e. The Balaban J connectivity index is 1.71. The minimum absolute atomic E-state index is 0.232. The Kier molecular flexibility index (Phi) is 3.87. The summed E-state index contributed by atoms with van der Waals surface area (Å²) < 4.78 is 0. The molecule has 22 heavy (non-hydrogen) atoms. The van der Waals surface area contributed by atoms with E-state index < -0.39 is 5.97 Å². The van der Waals surface area contributed by atoms with Crippen LogP contribution in [0.15, 0.2) is 70.9 Å². The summed E-state index contributed by atoms with van der Waals surface area (Å²) in [6.45, 7) is 0.380. The molecule has 5 nitrogen and oxygen atoms in total. The lowest BCUT2D eigenvalue weighted by Crippen LogP contribution is -1.94. The van der Waals surface area contributed by atoms with Crippen molar-refractivity contribution in [2.24, 2.45) is 10.2 Å². The van der Waals surface area contributed by atoms with Crippen LogP contribution in [0.1, 0.15) is 16.1 Å². The Labute approximate surface area is 127 Å². The number of nitrogens with zero attached hydrogens (tertiary/aromatic N) is 3. The first-order valence-electron chi connectivity index (χ1n) is 6.78. The molecule has 0 atom stereocenters. The monoisotopic (exact) mass is 291 g/mol. The summed E-state index contributed by atoms with van der Waals surface area (Å²) in [4.78, 5) is 15.3. The van der Waals surface area contributed by atoms with Crippen LogP contribution in [0.25, 0.3) is 10.9 Å². The average molecular weight is 291 g/mol. The standard InChI is InChI=1S/C17H13N3O2/c21-17(22)13-6-8-14(9-7-13)20-18-11-15-10-5-12-3-1-2-4-16(12)19-15/h1-10H,11H2,(H,21,22). The number of rotatable bonds is 4. The van der Waals surface area contributed by atoms with Crippen molar-refractivity contribution in [3.05, 3.63) is 71.9 Å². The van der Waals surface area contributed by atoms with Crippen LogP contribution in [0.2, 0.25) is 0 Å². The number of azo groups is 1. The summed E-state index contributed by atoms with van der Waals surface area (Å²) in [6, 6.07) is 18.1. The number of hydrogen-bond donors (Lipinski definition) is 1. The molecule has 0 aliphatic rings. The second-order valence-electron chi connectivity index (χ2n) is 4.75. The van der Waals surface area contributed by atoms with E-state index in [-0.39, 0.29) is 5.56 Å². The molecule has 2 aromatic carbocycles. The fourth-order valence-electron chi connectivity index (χ4n) is 2.06. The normalized spacial score (nSPS) is 11.1. The van der Waals surface area contributed by atoms with Crippen LogP contribution in [0, 0.1) is 0 Å². The lowest BCUT2D eigenvalue weighted by molar-refractivity contribution is 0.0697. The third-order valence-electron chi connectivity index (χ3n) is 3.19. The van der Waals surface area contributed by atoms with E-state index in [1.165, 1.54) is 12.1 Å². The molecule has 3 aromatic rings. The molecule has 0 aliphatic carbocycles. The van der Waals surface area contributed by atoms with Crippen molar-refractivity contribution in [3.8, 4) is 0 Å². The van der Waals surface area contributed by atoms with E-state index >= 15 is 0 Å². The summed E-state index contributed by atoms with van der Waals surface area (Å²) in [5.41, 5.74) is 2.62. The number of fused-ring (bicyclic) bond motifs is 1. The smallest absolute Gasteiger partial charge is 0.335 e. The highest BCUT2D eigenvalue weighted by atomic mass is 16.4. The van der Waals surface area contributed by atoms with Crippen LogP contribution in [-0.4, -0.2) is 16.1 Å². The van der Waals surface area contributed by atoms with Crippen LogP contribution < -0.4 is 0 Å². The summed E-state index contributed by atoms with van der Waals surface area (Å²) in [5.74, 6) is -0.955. The van der Waals surface area contributed by atoms with Gasteiger partial charge in [0.25, 0.3) is 0 Å². The van der Waals surface area contributed by atoms with Gasteiger partial charge >= 0.3 is 5.97 Å². The number of aromatic nitrogens is 1. The van der Waals surface area contributed by atoms with Crippen LogP contribution in [0.3, 0.4) is 0 Å². The largest absolute Gasteiger partial charge is 0.478 e. The van der Waals surface area contributed by atoms with Gasteiger partial charge in [-0.2, -0.15) is 10.2 Å². The van der Waals surface area contributed by atoms with Gasteiger partial charge in [-0.05, 0) is 36.4 Å².